The quantitative estimate of drug-likeness (QED) is 0.257. The second-order valence-electron chi connectivity index (χ2n) is 8.84. The Hall–Kier alpha value is -4.43. The van der Waals surface area contributed by atoms with E-state index >= 15 is 0 Å². The van der Waals surface area contributed by atoms with E-state index < -0.39 is 18.5 Å². The predicted molar refractivity (Wildman–Crippen MR) is 146 cm³/mol. The van der Waals surface area contributed by atoms with Crippen LogP contribution in [-0.2, 0) is 22.7 Å². The monoisotopic (exact) mass is 529 g/mol. The number of carbonyl (C=O) groups excluding carboxylic acids is 1. The van der Waals surface area contributed by atoms with Gasteiger partial charge in [0.15, 0.2) is 11.5 Å². The van der Waals surface area contributed by atoms with Crippen molar-refractivity contribution in [3.8, 4) is 27.3 Å². The average molecular weight is 530 g/mol. The van der Waals surface area contributed by atoms with E-state index in [1.807, 2.05) is 66.7 Å². The Labute approximate surface area is 224 Å². The molecule has 0 bridgehead atoms. The molecule has 0 atom stereocenters. The molecule has 0 saturated heterocycles. The first-order chi connectivity index (χ1) is 18.2. The number of carboxylic acids is 2. The van der Waals surface area contributed by atoms with Gasteiger partial charge in [0.25, 0.3) is 0 Å². The smallest absolute Gasteiger partial charge is 0.349 e. The molecule has 7 nitrogen and oxygen atoms in total. The second kappa shape index (κ2) is 11.7. The number of ether oxygens (including phenoxy) is 1. The highest BCUT2D eigenvalue weighted by atomic mass is 32.1. The fourth-order valence-corrected chi connectivity index (χ4v) is 5.27. The third-order valence-electron chi connectivity index (χ3n) is 6.07. The molecular weight excluding hydrogens is 502 g/mol. The number of aromatic carboxylic acids is 1. The SMILES string of the molecule is CC(=O)N(Cc1ccc(-c2ccccc2)cc1)Cc1cccc(-c2sc(C(=O)O)c(OCC(=O)O)c2C)c1. The molecule has 0 fully saturated rings. The van der Waals surface area contributed by atoms with Gasteiger partial charge in [0.2, 0.25) is 5.91 Å². The molecule has 0 spiro atoms. The number of carboxylic acid groups (broad SMARTS) is 2. The number of benzene rings is 3. The van der Waals surface area contributed by atoms with E-state index in [9.17, 15) is 19.5 Å². The lowest BCUT2D eigenvalue weighted by atomic mass is 10.0. The van der Waals surface area contributed by atoms with Crippen LogP contribution in [0, 0.1) is 6.92 Å². The molecule has 0 unspecified atom stereocenters. The summed E-state index contributed by atoms with van der Waals surface area (Å²) < 4.78 is 5.30. The highest BCUT2D eigenvalue weighted by Crippen LogP contribution is 2.41. The Morgan fingerprint density at radius 2 is 1.45 bits per heavy atom. The Morgan fingerprint density at radius 3 is 2.08 bits per heavy atom. The summed E-state index contributed by atoms with van der Waals surface area (Å²) in [7, 11) is 0. The van der Waals surface area contributed by atoms with Crippen LogP contribution in [0.1, 0.15) is 33.3 Å². The molecule has 0 radical (unpaired) electrons. The van der Waals surface area contributed by atoms with E-state index in [0.717, 1.165) is 39.2 Å². The van der Waals surface area contributed by atoms with E-state index in [-0.39, 0.29) is 16.5 Å². The van der Waals surface area contributed by atoms with Gasteiger partial charge < -0.3 is 19.8 Å². The zero-order valence-corrected chi connectivity index (χ0v) is 21.8. The molecule has 0 saturated carbocycles. The minimum Gasteiger partial charge on any atom is -0.480 e. The molecule has 1 amide bonds. The number of thiophene rings is 1. The number of hydrogen-bond acceptors (Lipinski definition) is 5. The van der Waals surface area contributed by atoms with E-state index in [1.54, 1.807) is 11.8 Å². The lowest BCUT2D eigenvalue weighted by Gasteiger charge is -2.22. The van der Waals surface area contributed by atoms with Crippen LogP contribution in [0.5, 0.6) is 5.75 Å². The van der Waals surface area contributed by atoms with Crippen LogP contribution in [0.3, 0.4) is 0 Å². The molecule has 0 aliphatic heterocycles. The summed E-state index contributed by atoms with van der Waals surface area (Å²) in [5, 5.41) is 18.6. The van der Waals surface area contributed by atoms with Gasteiger partial charge in [-0.2, -0.15) is 0 Å². The summed E-state index contributed by atoms with van der Waals surface area (Å²) in [4.78, 5) is 37.6. The van der Waals surface area contributed by atoms with Crippen molar-refractivity contribution in [3.63, 3.8) is 0 Å². The highest BCUT2D eigenvalue weighted by molar-refractivity contribution is 7.18. The standard InChI is InChI=1S/C30H27NO6S/c1-19-27(37-18-26(33)34)29(30(35)36)38-28(19)25-10-6-7-22(15-25)17-31(20(2)32)16-21-11-13-24(14-12-21)23-8-4-3-5-9-23/h3-15H,16-18H2,1-2H3,(H,33,34)(H,35,36). The van der Waals surface area contributed by atoms with Gasteiger partial charge in [-0.05, 0) is 40.8 Å². The summed E-state index contributed by atoms with van der Waals surface area (Å²) in [5.41, 5.74) is 5.47. The predicted octanol–water partition coefficient (Wildman–Crippen LogP) is 6.10. The molecule has 2 N–H and O–H groups in total. The van der Waals surface area contributed by atoms with Crippen LogP contribution in [-0.4, -0.2) is 39.6 Å². The van der Waals surface area contributed by atoms with E-state index in [1.165, 1.54) is 6.92 Å². The summed E-state index contributed by atoms with van der Waals surface area (Å²) in [6.07, 6.45) is 0. The maximum absolute atomic E-state index is 12.5. The minimum atomic E-state index is -1.19. The molecular formula is C30H27NO6S. The zero-order valence-electron chi connectivity index (χ0n) is 21.0. The topological polar surface area (TPSA) is 104 Å². The third-order valence-corrected chi connectivity index (χ3v) is 7.38. The van der Waals surface area contributed by atoms with Crippen LogP contribution in [0.4, 0.5) is 0 Å². The molecule has 0 aliphatic carbocycles. The number of rotatable bonds is 10. The van der Waals surface area contributed by atoms with Crippen molar-refractivity contribution in [2.75, 3.05) is 6.61 Å². The van der Waals surface area contributed by atoms with Crippen LogP contribution in [0.15, 0.2) is 78.9 Å². The molecule has 194 valence electrons. The maximum Gasteiger partial charge on any atom is 0.349 e. The Kier molecular flexibility index (Phi) is 8.23. The minimum absolute atomic E-state index is 0.0477. The van der Waals surface area contributed by atoms with Crippen molar-refractivity contribution in [2.45, 2.75) is 26.9 Å². The van der Waals surface area contributed by atoms with Crippen molar-refractivity contribution < 1.29 is 29.3 Å². The fourth-order valence-electron chi connectivity index (χ4n) is 4.19. The van der Waals surface area contributed by atoms with E-state index in [4.69, 9.17) is 9.84 Å². The second-order valence-corrected chi connectivity index (χ2v) is 9.86. The first-order valence-electron chi connectivity index (χ1n) is 11.9. The fraction of sp³-hybridized carbons (Fsp3) is 0.167. The van der Waals surface area contributed by atoms with Crippen molar-refractivity contribution in [1.29, 1.82) is 0 Å². The summed E-state index contributed by atoms with van der Waals surface area (Å²) in [5.74, 6) is -2.36. The Bertz CT molecular complexity index is 1460. The van der Waals surface area contributed by atoms with Crippen LogP contribution >= 0.6 is 11.3 Å². The molecule has 1 heterocycles. The summed E-state index contributed by atoms with van der Waals surface area (Å²) >= 11 is 1.04. The van der Waals surface area contributed by atoms with Gasteiger partial charge in [-0.15, -0.1) is 11.3 Å². The van der Waals surface area contributed by atoms with Gasteiger partial charge in [0, 0.05) is 30.5 Å². The summed E-state index contributed by atoms with van der Waals surface area (Å²) in [6, 6.07) is 25.8. The van der Waals surface area contributed by atoms with Gasteiger partial charge in [-0.1, -0.05) is 72.8 Å². The van der Waals surface area contributed by atoms with E-state index in [0.29, 0.717) is 23.5 Å². The number of amides is 1. The molecule has 8 heteroatoms. The first-order valence-corrected chi connectivity index (χ1v) is 12.7. The lowest BCUT2D eigenvalue weighted by molar-refractivity contribution is -0.139. The average Bonchev–Trinajstić information content (AvgIpc) is 3.24. The number of nitrogens with zero attached hydrogens (tertiary/aromatic N) is 1. The van der Waals surface area contributed by atoms with Gasteiger partial charge >= 0.3 is 11.9 Å². The van der Waals surface area contributed by atoms with Crippen molar-refractivity contribution in [1.82, 2.24) is 4.90 Å². The van der Waals surface area contributed by atoms with Crippen LogP contribution in [0.2, 0.25) is 0 Å². The van der Waals surface area contributed by atoms with Gasteiger partial charge in [0.05, 0.1) is 0 Å². The maximum atomic E-state index is 12.5. The highest BCUT2D eigenvalue weighted by Gasteiger charge is 2.23. The molecule has 0 aliphatic rings. The number of aliphatic carboxylic acids is 1. The van der Waals surface area contributed by atoms with Gasteiger partial charge in [0.1, 0.15) is 5.75 Å². The molecule has 4 rings (SSSR count). The Morgan fingerprint density at radius 1 is 0.816 bits per heavy atom. The number of carbonyl (C=O) groups is 3. The summed E-state index contributed by atoms with van der Waals surface area (Å²) in [6.45, 7) is 3.45. The third kappa shape index (κ3) is 6.27. The molecule has 1 aromatic heterocycles. The van der Waals surface area contributed by atoms with Gasteiger partial charge in [-0.3, -0.25) is 4.79 Å². The van der Waals surface area contributed by atoms with Crippen molar-refractivity contribution >= 4 is 29.2 Å². The molecule has 3 aromatic carbocycles. The zero-order chi connectivity index (χ0) is 27.2. The number of hydrogen-bond donors (Lipinski definition) is 2. The van der Waals surface area contributed by atoms with Crippen molar-refractivity contribution in [3.05, 3.63) is 100 Å². The van der Waals surface area contributed by atoms with Crippen molar-refractivity contribution in [2.24, 2.45) is 0 Å². The van der Waals surface area contributed by atoms with Gasteiger partial charge in [-0.25, -0.2) is 9.59 Å². The molecule has 38 heavy (non-hydrogen) atoms. The largest absolute Gasteiger partial charge is 0.480 e. The van der Waals surface area contributed by atoms with Crippen LogP contribution in [0.25, 0.3) is 21.6 Å². The first kappa shape index (κ1) is 26.6. The normalized spacial score (nSPS) is 10.7. The lowest BCUT2D eigenvalue weighted by Crippen LogP contribution is -2.27. The van der Waals surface area contributed by atoms with Crippen LogP contribution < -0.4 is 4.74 Å². The van der Waals surface area contributed by atoms with E-state index in [2.05, 4.69) is 12.1 Å². The molecule has 4 aromatic rings. The Balaban J connectivity index is 1.55.